The molecule has 0 heterocycles. The van der Waals surface area contributed by atoms with E-state index in [1.807, 2.05) is 0 Å². The third-order valence-electron chi connectivity index (χ3n) is 2.98. The third kappa shape index (κ3) is 3.85. The van der Waals surface area contributed by atoms with Crippen molar-refractivity contribution in [2.24, 2.45) is 5.73 Å². The van der Waals surface area contributed by atoms with E-state index in [9.17, 15) is 23.1 Å². The van der Waals surface area contributed by atoms with E-state index in [0.29, 0.717) is 0 Å². The lowest BCUT2D eigenvalue weighted by Gasteiger charge is -2.14. The first-order valence-electron chi connectivity index (χ1n) is 6.28. The van der Waals surface area contributed by atoms with Gasteiger partial charge in [0.2, 0.25) is 5.91 Å². The minimum absolute atomic E-state index is 0.00620. The highest BCUT2D eigenvalue weighted by Gasteiger charge is 2.31. The Morgan fingerprint density at radius 1 is 1.13 bits per heavy atom. The fourth-order valence-electron chi connectivity index (χ4n) is 2.00. The standard InChI is InChI=1S/C15H12F3NO4/c1-22-13-5-2-8(14(19)21)6-11(13)10-7-9(3-4-12(10)20)23-15(16,17)18/h2-7,20H,1H3,(H2,19,21). The molecule has 1 amide bonds. The zero-order chi connectivity index (χ0) is 17.2. The lowest BCUT2D eigenvalue weighted by molar-refractivity contribution is -0.274. The van der Waals surface area contributed by atoms with E-state index < -0.39 is 18.0 Å². The lowest BCUT2D eigenvalue weighted by atomic mass is 10.0. The number of alkyl halides is 3. The van der Waals surface area contributed by atoms with E-state index in [0.717, 1.165) is 18.2 Å². The van der Waals surface area contributed by atoms with Crippen molar-refractivity contribution < 1.29 is 32.5 Å². The van der Waals surface area contributed by atoms with Crippen molar-refractivity contribution in [3.05, 3.63) is 42.0 Å². The van der Waals surface area contributed by atoms with Crippen LogP contribution in [0.5, 0.6) is 17.2 Å². The highest BCUT2D eigenvalue weighted by Crippen LogP contribution is 2.39. The number of hydrogen-bond acceptors (Lipinski definition) is 4. The number of rotatable bonds is 4. The Morgan fingerprint density at radius 2 is 1.83 bits per heavy atom. The summed E-state index contributed by atoms with van der Waals surface area (Å²) in [5, 5.41) is 9.93. The fourth-order valence-corrected chi connectivity index (χ4v) is 2.00. The molecule has 0 saturated heterocycles. The van der Waals surface area contributed by atoms with Gasteiger partial charge in [-0.05, 0) is 36.4 Å². The molecule has 0 spiro atoms. The summed E-state index contributed by atoms with van der Waals surface area (Å²) in [6.07, 6.45) is -4.87. The quantitative estimate of drug-likeness (QED) is 0.904. The van der Waals surface area contributed by atoms with Crippen molar-refractivity contribution in [2.45, 2.75) is 6.36 Å². The maximum Gasteiger partial charge on any atom is 0.573 e. The fraction of sp³-hybridized carbons (Fsp3) is 0.133. The Bertz CT molecular complexity index is 744. The predicted molar refractivity (Wildman–Crippen MR) is 75.3 cm³/mol. The minimum Gasteiger partial charge on any atom is -0.507 e. The number of primary amides is 1. The number of carbonyl (C=O) groups is 1. The summed E-state index contributed by atoms with van der Waals surface area (Å²) in [4.78, 5) is 11.3. The topological polar surface area (TPSA) is 81.8 Å². The number of halogens is 3. The summed E-state index contributed by atoms with van der Waals surface area (Å²) in [6, 6.07) is 7.15. The third-order valence-corrected chi connectivity index (χ3v) is 2.98. The normalized spacial score (nSPS) is 11.1. The number of aromatic hydroxyl groups is 1. The van der Waals surface area contributed by atoms with Crippen molar-refractivity contribution in [2.75, 3.05) is 7.11 Å². The molecular formula is C15H12F3NO4. The average Bonchev–Trinajstić information content (AvgIpc) is 2.47. The monoisotopic (exact) mass is 327 g/mol. The van der Waals surface area contributed by atoms with E-state index in [1.165, 1.54) is 25.3 Å². The number of benzene rings is 2. The average molecular weight is 327 g/mol. The molecule has 2 rings (SSSR count). The van der Waals surface area contributed by atoms with E-state index in [-0.39, 0.29) is 28.2 Å². The van der Waals surface area contributed by atoms with Gasteiger partial charge >= 0.3 is 6.36 Å². The molecule has 3 N–H and O–H groups in total. The molecule has 0 unspecified atom stereocenters. The molecule has 5 nitrogen and oxygen atoms in total. The van der Waals surface area contributed by atoms with Gasteiger partial charge in [-0.1, -0.05) is 0 Å². The Labute approximate surface area is 129 Å². The first kappa shape index (κ1) is 16.5. The van der Waals surface area contributed by atoms with Gasteiger partial charge in [-0.3, -0.25) is 4.79 Å². The van der Waals surface area contributed by atoms with Gasteiger partial charge < -0.3 is 20.3 Å². The van der Waals surface area contributed by atoms with Gasteiger partial charge in [0, 0.05) is 16.7 Å². The van der Waals surface area contributed by atoms with Crippen LogP contribution >= 0.6 is 0 Å². The molecule has 0 atom stereocenters. The maximum atomic E-state index is 12.3. The van der Waals surface area contributed by atoms with Crippen molar-refractivity contribution >= 4 is 5.91 Å². The molecular weight excluding hydrogens is 315 g/mol. The first-order chi connectivity index (χ1) is 10.7. The van der Waals surface area contributed by atoms with Crippen molar-refractivity contribution in [1.29, 1.82) is 0 Å². The molecule has 8 heteroatoms. The summed E-state index contributed by atoms with van der Waals surface area (Å²) < 4.78 is 45.9. The SMILES string of the molecule is COc1ccc(C(N)=O)cc1-c1cc(OC(F)(F)F)ccc1O. The van der Waals surface area contributed by atoms with Gasteiger partial charge in [0.25, 0.3) is 0 Å². The van der Waals surface area contributed by atoms with E-state index in [4.69, 9.17) is 10.5 Å². The summed E-state index contributed by atoms with van der Waals surface area (Å²) in [5.74, 6) is -1.30. The largest absolute Gasteiger partial charge is 0.573 e. The molecule has 2 aromatic carbocycles. The molecule has 0 saturated carbocycles. The van der Waals surface area contributed by atoms with Gasteiger partial charge in [-0.15, -0.1) is 13.2 Å². The number of nitrogens with two attached hydrogens (primary N) is 1. The molecule has 0 bridgehead atoms. The van der Waals surface area contributed by atoms with Crippen molar-refractivity contribution in [3.63, 3.8) is 0 Å². The van der Waals surface area contributed by atoms with E-state index in [1.54, 1.807) is 0 Å². The number of hydrogen-bond donors (Lipinski definition) is 2. The number of ether oxygens (including phenoxy) is 2. The molecule has 0 aliphatic rings. The number of phenols is 1. The van der Waals surface area contributed by atoms with Crippen LogP contribution in [0.3, 0.4) is 0 Å². The van der Waals surface area contributed by atoms with Crippen LogP contribution in [-0.4, -0.2) is 24.5 Å². The maximum absolute atomic E-state index is 12.3. The lowest BCUT2D eigenvalue weighted by Crippen LogP contribution is -2.17. The minimum atomic E-state index is -4.87. The Kier molecular flexibility index (Phi) is 4.35. The van der Waals surface area contributed by atoms with Gasteiger partial charge in [-0.25, -0.2) is 0 Å². The molecule has 0 aromatic heterocycles. The predicted octanol–water partition coefficient (Wildman–Crippen LogP) is 3.07. The zero-order valence-electron chi connectivity index (χ0n) is 11.8. The van der Waals surface area contributed by atoms with Crippen LogP contribution in [0.2, 0.25) is 0 Å². The molecule has 0 aliphatic heterocycles. The molecule has 2 aromatic rings. The molecule has 122 valence electrons. The van der Waals surface area contributed by atoms with E-state index in [2.05, 4.69) is 4.74 Å². The Balaban J connectivity index is 2.58. The van der Waals surface area contributed by atoms with Gasteiger partial charge in [0.1, 0.15) is 17.2 Å². The zero-order valence-corrected chi connectivity index (χ0v) is 11.8. The van der Waals surface area contributed by atoms with Gasteiger partial charge in [0.15, 0.2) is 0 Å². The first-order valence-corrected chi connectivity index (χ1v) is 6.28. The van der Waals surface area contributed by atoms with Crippen molar-refractivity contribution in [1.82, 2.24) is 0 Å². The Morgan fingerprint density at radius 3 is 2.39 bits per heavy atom. The van der Waals surface area contributed by atoms with Crippen LogP contribution in [0.4, 0.5) is 13.2 Å². The van der Waals surface area contributed by atoms with Gasteiger partial charge in [-0.2, -0.15) is 0 Å². The second-order valence-corrected chi connectivity index (χ2v) is 4.51. The second kappa shape index (κ2) is 6.07. The van der Waals surface area contributed by atoms with Crippen LogP contribution in [0.1, 0.15) is 10.4 Å². The number of carbonyl (C=O) groups excluding carboxylic acids is 1. The number of phenolic OH excluding ortho intramolecular Hbond substituents is 1. The van der Waals surface area contributed by atoms with Crippen LogP contribution in [0.25, 0.3) is 11.1 Å². The molecule has 0 fully saturated rings. The van der Waals surface area contributed by atoms with E-state index >= 15 is 0 Å². The van der Waals surface area contributed by atoms with Crippen LogP contribution < -0.4 is 15.2 Å². The van der Waals surface area contributed by atoms with Crippen LogP contribution in [0, 0.1) is 0 Å². The number of methoxy groups -OCH3 is 1. The van der Waals surface area contributed by atoms with Crippen LogP contribution in [0.15, 0.2) is 36.4 Å². The summed E-state index contributed by atoms with van der Waals surface area (Å²) in [7, 11) is 1.34. The Hall–Kier alpha value is -2.90. The second-order valence-electron chi connectivity index (χ2n) is 4.51. The number of amides is 1. The summed E-state index contributed by atoms with van der Waals surface area (Å²) in [5.41, 5.74) is 5.51. The summed E-state index contributed by atoms with van der Waals surface area (Å²) >= 11 is 0. The molecule has 23 heavy (non-hydrogen) atoms. The summed E-state index contributed by atoms with van der Waals surface area (Å²) in [6.45, 7) is 0. The highest BCUT2D eigenvalue weighted by atomic mass is 19.4. The highest BCUT2D eigenvalue weighted by molar-refractivity contribution is 5.95. The molecule has 0 aliphatic carbocycles. The van der Waals surface area contributed by atoms with Crippen LogP contribution in [-0.2, 0) is 0 Å². The van der Waals surface area contributed by atoms with Gasteiger partial charge in [0.05, 0.1) is 7.11 Å². The van der Waals surface area contributed by atoms with Crippen molar-refractivity contribution in [3.8, 4) is 28.4 Å². The smallest absolute Gasteiger partial charge is 0.507 e. The molecule has 0 radical (unpaired) electrons.